The van der Waals surface area contributed by atoms with Gasteiger partial charge in [-0.25, -0.2) is 0 Å². The normalized spacial score (nSPS) is 8.43. The molecule has 72 valence electrons. The topological polar surface area (TPSA) is 35.5 Å². The minimum atomic E-state index is 0.541. The van der Waals surface area contributed by atoms with E-state index in [4.69, 9.17) is 9.47 Å². The molecule has 0 N–H and O–H groups in total. The van der Waals surface area contributed by atoms with E-state index in [0.29, 0.717) is 23.3 Å². The predicted molar refractivity (Wildman–Crippen MR) is 52.5 cm³/mol. The standard InChI is InChI=1S/C11H10O3/c1-13-10-7-3-5-9(6-4-8-12)11(10)14-2/h3,5,7-8H,1-2H3. The van der Waals surface area contributed by atoms with Crippen LogP contribution in [0.5, 0.6) is 11.5 Å². The fourth-order valence-corrected chi connectivity index (χ4v) is 1.09. The summed E-state index contributed by atoms with van der Waals surface area (Å²) < 4.78 is 10.2. The number of methoxy groups -OCH3 is 2. The number of rotatable bonds is 2. The molecule has 14 heavy (non-hydrogen) atoms. The molecule has 0 saturated heterocycles. The van der Waals surface area contributed by atoms with E-state index < -0.39 is 0 Å². The molecule has 0 amide bonds. The molecule has 0 radical (unpaired) electrons. The summed E-state index contributed by atoms with van der Waals surface area (Å²) in [5.74, 6) is 6.14. The lowest BCUT2D eigenvalue weighted by molar-refractivity contribution is -0.103. The van der Waals surface area contributed by atoms with Gasteiger partial charge in [-0.2, -0.15) is 0 Å². The molecule has 3 nitrogen and oxygen atoms in total. The van der Waals surface area contributed by atoms with Crippen LogP contribution in [0.1, 0.15) is 5.56 Å². The van der Waals surface area contributed by atoms with Gasteiger partial charge in [0.15, 0.2) is 17.8 Å². The maximum Gasteiger partial charge on any atom is 0.193 e. The van der Waals surface area contributed by atoms with Crippen molar-refractivity contribution in [3.8, 4) is 23.3 Å². The SMILES string of the molecule is COc1cccc(C#CC=O)c1OC. The maximum absolute atomic E-state index is 10.1. The lowest BCUT2D eigenvalue weighted by Gasteiger charge is -2.08. The molecule has 0 unspecified atom stereocenters. The smallest absolute Gasteiger partial charge is 0.193 e. The summed E-state index contributed by atoms with van der Waals surface area (Å²) in [6, 6.07) is 5.32. The Bertz CT molecular complexity index is 385. The molecule has 0 aromatic heterocycles. The van der Waals surface area contributed by atoms with Crippen LogP contribution in [0.3, 0.4) is 0 Å². The Kier molecular flexibility index (Phi) is 3.57. The van der Waals surface area contributed by atoms with Gasteiger partial charge in [-0.05, 0) is 18.1 Å². The summed E-state index contributed by atoms with van der Waals surface area (Å²) in [5.41, 5.74) is 0.638. The Hall–Kier alpha value is -1.95. The molecule has 0 saturated carbocycles. The van der Waals surface area contributed by atoms with Gasteiger partial charge in [0.1, 0.15) is 0 Å². The molecule has 3 heteroatoms. The second-order valence-electron chi connectivity index (χ2n) is 2.43. The van der Waals surface area contributed by atoms with Gasteiger partial charge in [0.05, 0.1) is 19.8 Å². The van der Waals surface area contributed by atoms with Crippen molar-refractivity contribution in [2.45, 2.75) is 0 Å². The number of carbonyl (C=O) groups excluding carboxylic acids is 1. The summed E-state index contributed by atoms with van der Waals surface area (Å²) in [7, 11) is 3.08. The first kappa shape index (κ1) is 10.1. The van der Waals surface area contributed by atoms with Crippen molar-refractivity contribution >= 4 is 6.29 Å². The van der Waals surface area contributed by atoms with Crippen LogP contribution in [-0.2, 0) is 4.79 Å². The van der Waals surface area contributed by atoms with Crippen molar-refractivity contribution in [1.82, 2.24) is 0 Å². The first-order valence-electron chi connectivity index (χ1n) is 3.99. The van der Waals surface area contributed by atoms with Crippen LogP contribution in [0.4, 0.5) is 0 Å². The van der Waals surface area contributed by atoms with Gasteiger partial charge in [0.25, 0.3) is 0 Å². The highest BCUT2D eigenvalue weighted by Crippen LogP contribution is 2.29. The van der Waals surface area contributed by atoms with Crippen molar-refractivity contribution < 1.29 is 14.3 Å². The van der Waals surface area contributed by atoms with Gasteiger partial charge in [0, 0.05) is 0 Å². The maximum atomic E-state index is 10.1. The van der Waals surface area contributed by atoms with E-state index in [9.17, 15) is 4.79 Å². The molecular weight excluding hydrogens is 180 g/mol. The van der Waals surface area contributed by atoms with E-state index in [1.807, 2.05) is 0 Å². The first-order valence-corrected chi connectivity index (χ1v) is 3.99. The molecule has 0 heterocycles. The Morgan fingerprint density at radius 2 is 2.07 bits per heavy atom. The number of carbonyl (C=O) groups is 1. The van der Waals surface area contributed by atoms with Crippen LogP contribution in [0.15, 0.2) is 18.2 Å². The predicted octanol–water partition coefficient (Wildman–Crippen LogP) is 1.25. The van der Waals surface area contributed by atoms with E-state index in [-0.39, 0.29) is 0 Å². The highest BCUT2D eigenvalue weighted by Gasteiger charge is 2.06. The van der Waals surface area contributed by atoms with Crippen molar-refractivity contribution in [2.24, 2.45) is 0 Å². The number of para-hydroxylation sites is 1. The fourth-order valence-electron chi connectivity index (χ4n) is 1.09. The zero-order valence-electron chi connectivity index (χ0n) is 8.03. The molecule has 0 atom stereocenters. The largest absolute Gasteiger partial charge is 0.493 e. The van der Waals surface area contributed by atoms with Crippen molar-refractivity contribution in [3.63, 3.8) is 0 Å². The lowest BCUT2D eigenvalue weighted by atomic mass is 10.2. The van der Waals surface area contributed by atoms with Crippen molar-refractivity contribution in [3.05, 3.63) is 23.8 Å². The highest BCUT2D eigenvalue weighted by molar-refractivity contribution is 5.74. The van der Waals surface area contributed by atoms with Crippen LogP contribution in [-0.4, -0.2) is 20.5 Å². The second-order valence-corrected chi connectivity index (χ2v) is 2.43. The minimum Gasteiger partial charge on any atom is -0.493 e. The zero-order valence-corrected chi connectivity index (χ0v) is 8.03. The van der Waals surface area contributed by atoms with Crippen molar-refractivity contribution in [1.29, 1.82) is 0 Å². The number of benzene rings is 1. The molecule has 0 bridgehead atoms. The monoisotopic (exact) mass is 190 g/mol. The van der Waals surface area contributed by atoms with Gasteiger partial charge in [-0.15, -0.1) is 0 Å². The Morgan fingerprint density at radius 1 is 1.29 bits per heavy atom. The number of hydrogen-bond acceptors (Lipinski definition) is 3. The van der Waals surface area contributed by atoms with E-state index in [0.717, 1.165) is 0 Å². The van der Waals surface area contributed by atoms with Gasteiger partial charge in [-0.3, -0.25) is 4.79 Å². The summed E-state index contributed by atoms with van der Waals surface area (Å²) >= 11 is 0. The molecule has 0 spiro atoms. The molecule has 0 aliphatic heterocycles. The Balaban J connectivity index is 3.21. The van der Waals surface area contributed by atoms with Crippen LogP contribution >= 0.6 is 0 Å². The van der Waals surface area contributed by atoms with E-state index in [1.54, 1.807) is 25.3 Å². The molecule has 0 fully saturated rings. The zero-order chi connectivity index (χ0) is 10.4. The second kappa shape index (κ2) is 4.93. The molecule has 1 aromatic carbocycles. The highest BCUT2D eigenvalue weighted by atomic mass is 16.5. The molecule has 1 rings (SSSR count). The van der Waals surface area contributed by atoms with Crippen molar-refractivity contribution in [2.75, 3.05) is 14.2 Å². The van der Waals surface area contributed by atoms with E-state index in [2.05, 4.69) is 11.8 Å². The fraction of sp³-hybridized carbons (Fsp3) is 0.182. The van der Waals surface area contributed by atoms with Gasteiger partial charge in [-0.1, -0.05) is 12.0 Å². The number of aldehydes is 1. The molecule has 1 aromatic rings. The van der Waals surface area contributed by atoms with E-state index in [1.165, 1.54) is 7.11 Å². The van der Waals surface area contributed by atoms with E-state index >= 15 is 0 Å². The Labute approximate surface area is 82.6 Å². The quantitative estimate of drug-likeness (QED) is 0.520. The van der Waals surface area contributed by atoms with Crippen LogP contribution in [0.2, 0.25) is 0 Å². The Morgan fingerprint density at radius 3 is 2.64 bits per heavy atom. The minimum absolute atomic E-state index is 0.541. The number of ether oxygens (including phenoxy) is 2. The van der Waals surface area contributed by atoms with Gasteiger partial charge < -0.3 is 9.47 Å². The number of hydrogen-bond donors (Lipinski definition) is 0. The lowest BCUT2D eigenvalue weighted by Crippen LogP contribution is -1.92. The van der Waals surface area contributed by atoms with Crippen LogP contribution in [0, 0.1) is 11.8 Å². The molecule has 0 aliphatic rings. The molecular formula is C11H10O3. The summed E-state index contributed by atoms with van der Waals surface area (Å²) in [4.78, 5) is 10.1. The van der Waals surface area contributed by atoms with Gasteiger partial charge in [0.2, 0.25) is 0 Å². The third kappa shape index (κ3) is 2.05. The molecule has 0 aliphatic carbocycles. The third-order valence-electron chi connectivity index (χ3n) is 1.67. The third-order valence-corrected chi connectivity index (χ3v) is 1.67. The van der Waals surface area contributed by atoms with Crippen LogP contribution in [0.25, 0.3) is 0 Å². The summed E-state index contributed by atoms with van der Waals surface area (Å²) in [5, 5.41) is 0. The van der Waals surface area contributed by atoms with Gasteiger partial charge >= 0.3 is 0 Å². The first-order chi connectivity index (χ1) is 6.83. The average Bonchev–Trinajstić information content (AvgIpc) is 2.25. The summed E-state index contributed by atoms with van der Waals surface area (Å²) in [6.07, 6.45) is 0.541. The van der Waals surface area contributed by atoms with Crippen LogP contribution < -0.4 is 9.47 Å². The summed E-state index contributed by atoms with van der Waals surface area (Å²) in [6.45, 7) is 0. The average molecular weight is 190 g/mol.